The Morgan fingerprint density at radius 1 is 1.33 bits per heavy atom. The highest BCUT2D eigenvalue weighted by molar-refractivity contribution is 5.78. The lowest BCUT2D eigenvalue weighted by Crippen LogP contribution is -2.46. The number of nitrogens with one attached hydrogen (secondary N) is 1. The van der Waals surface area contributed by atoms with E-state index in [2.05, 4.69) is 5.32 Å². The molecule has 2 aliphatic rings. The summed E-state index contributed by atoms with van der Waals surface area (Å²) < 4.78 is 0. The summed E-state index contributed by atoms with van der Waals surface area (Å²) in [6, 6.07) is 0.488. The average molecular weight is 254 g/mol. The van der Waals surface area contributed by atoms with Gasteiger partial charge in [-0.15, -0.1) is 0 Å². The summed E-state index contributed by atoms with van der Waals surface area (Å²) in [5, 5.41) is 13.5. The second-order valence-corrected chi connectivity index (χ2v) is 5.80. The van der Waals surface area contributed by atoms with Gasteiger partial charge in [0.05, 0.1) is 12.1 Å². The fourth-order valence-electron chi connectivity index (χ4n) is 2.91. The summed E-state index contributed by atoms with van der Waals surface area (Å²) in [5.41, 5.74) is -0.574. The molecule has 18 heavy (non-hydrogen) atoms. The zero-order valence-electron chi connectivity index (χ0n) is 11.5. The van der Waals surface area contributed by atoms with Gasteiger partial charge in [0.25, 0.3) is 0 Å². The molecular formula is C14H26N2O2. The maximum absolute atomic E-state index is 12.0. The molecule has 0 unspecified atom stereocenters. The SMILES string of the molecule is CCN(C(=O)CNCC1(O)CCCCC1)C1CC1. The van der Waals surface area contributed by atoms with Crippen LogP contribution in [0, 0.1) is 0 Å². The zero-order valence-corrected chi connectivity index (χ0v) is 11.5. The van der Waals surface area contributed by atoms with E-state index in [1.165, 1.54) is 6.42 Å². The van der Waals surface area contributed by atoms with E-state index in [4.69, 9.17) is 0 Å². The molecule has 0 aromatic heterocycles. The smallest absolute Gasteiger partial charge is 0.236 e. The van der Waals surface area contributed by atoms with Gasteiger partial charge < -0.3 is 15.3 Å². The van der Waals surface area contributed by atoms with Crippen molar-refractivity contribution in [3.8, 4) is 0 Å². The Balaban J connectivity index is 1.69. The van der Waals surface area contributed by atoms with Crippen molar-refractivity contribution >= 4 is 5.91 Å². The average Bonchev–Trinajstić information content (AvgIpc) is 3.15. The Hall–Kier alpha value is -0.610. The minimum absolute atomic E-state index is 0.180. The topological polar surface area (TPSA) is 52.6 Å². The number of aliphatic hydroxyl groups is 1. The van der Waals surface area contributed by atoms with E-state index >= 15 is 0 Å². The van der Waals surface area contributed by atoms with Gasteiger partial charge in [-0.25, -0.2) is 0 Å². The monoisotopic (exact) mass is 254 g/mol. The van der Waals surface area contributed by atoms with E-state index in [0.717, 1.165) is 45.1 Å². The molecule has 0 atom stereocenters. The van der Waals surface area contributed by atoms with Crippen LogP contribution in [0.5, 0.6) is 0 Å². The van der Waals surface area contributed by atoms with Gasteiger partial charge >= 0.3 is 0 Å². The largest absolute Gasteiger partial charge is 0.389 e. The van der Waals surface area contributed by atoms with Gasteiger partial charge in [-0.1, -0.05) is 19.3 Å². The van der Waals surface area contributed by atoms with Crippen LogP contribution in [0.4, 0.5) is 0 Å². The number of hydrogen-bond acceptors (Lipinski definition) is 3. The number of rotatable bonds is 6. The summed E-state index contributed by atoms with van der Waals surface area (Å²) in [6.07, 6.45) is 7.49. The second kappa shape index (κ2) is 6.02. The zero-order chi connectivity index (χ0) is 13.0. The molecule has 4 heteroatoms. The minimum atomic E-state index is -0.574. The molecule has 2 aliphatic carbocycles. The van der Waals surface area contributed by atoms with Crippen LogP contribution in [0.15, 0.2) is 0 Å². The van der Waals surface area contributed by atoms with E-state index in [1.54, 1.807) is 0 Å². The number of carbonyl (C=O) groups is 1. The van der Waals surface area contributed by atoms with Gasteiger partial charge in [-0.2, -0.15) is 0 Å². The van der Waals surface area contributed by atoms with Crippen molar-refractivity contribution in [1.29, 1.82) is 0 Å². The molecular weight excluding hydrogens is 228 g/mol. The molecule has 0 radical (unpaired) electrons. The summed E-state index contributed by atoms with van der Waals surface area (Å²) in [4.78, 5) is 13.9. The third kappa shape index (κ3) is 3.69. The fourth-order valence-corrected chi connectivity index (χ4v) is 2.91. The maximum Gasteiger partial charge on any atom is 0.236 e. The highest BCUT2D eigenvalue weighted by Gasteiger charge is 2.32. The predicted molar refractivity (Wildman–Crippen MR) is 71.3 cm³/mol. The van der Waals surface area contributed by atoms with Crippen LogP contribution in [0.3, 0.4) is 0 Å². The van der Waals surface area contributed by atoms with Crippen molar-refractivity contribution in [3.63, 3.8) is 0 Å². The third-order valence-corrected chi connectivity index (χ3v) is 4.16. The molecule has 0 bridgehead atoms. The Bertz CT molecular complexity index is 284. The summed E-state index contributed by atoms with van der Waals surface area (Å²) in [5.74, 6) is 0.180. The summed E-state index contributed by atoms with van der Waals surface area (Å²) in [7, 11) is 0. The predicted octanol–water partition coefficient (Wildman–Crippen LogP) is 1.28. The lowest BCUT2D eigenvalue weighted by atomic mass is 9.85. The maximum atomic E-state index is 12.0. The van der Waals surface area contributed by atoms with Crippen molar-refractivity contribution in [1.82, 2.24) is 10.2 Å². The number of likely N-dealkylation sites (N-methyl/N-ethyl adjacent to an activating group) is 1. The van der Waals surface area contributed by atoms with Crippen LogP contribution in [0.1, 0.15) is 51.9 Å². The van der Waals surface area contributed by atoms with Crippen molar-refractivity contribution in [2.75, 3.05) is 19.6 Å². The lowest BCUT2D eigenvalue weighted by molar-refractivity contribution is -0.130. The van der Waals surface area contributed by atoms with Crippen LogP contribution in [0.2, 0.25) is 0 Å². The molecule has 0 aromatic carbocycles. The highest BCUT2D eigenvalue weighted by atomic mass is 16.3. The first-order valence-corrected chi connectivity index (χ1v) is 7.37. The molecule has 0 aliphatic heterocycles. The van der Waals surface area contributed by atoms with Crippen LogP contribution < -0.4 is 5.32 Å². The normalized spacial score (nSPS) is 22.8. The van der Waals surface area contributed by atoms with Crippen molar-refractivity contribution < 1.29 is 9.90 Å². The van der Waals surface area contributed by atoms with Gasteiger partial charge in [0, 0.05) is 19.1 Å². The molecule has 1 amide bonds. The van der Waals surface area contributed by atoms with Gasteiger partial charge in [-0.3, -0.25) is 4.79 Å². The first-order chi connectivity index (χ1) is 8.64. The number of amides is 1. The van der Waals surface area contributed by atoms with E-state index in [-0.39, 0.29) is 5.91 Å². The summed E-state index contributed by atoms with van der Waals surface area (Å²) in [6.45, 7) is 3.76. The standard InChI is InChI=1S/C14H26N2O2/c1-2-16(12-6-7-12)13(17)10-15-11-14(18)8-4-3-5-9-14/h12,15,18H,2-11H2,1H3. The molecule has 4 nitrogen and oxygen atoms in total. The van der Waals surface area contributed by atoms with Crippen molar-refractivity contribution in [3.05, 3.63) is 0 Å². The molecule has 0 aromatic rings. The quantitative estimate of drug-likeness (QED) is 0.751. The highest BCUT2D eigenvalue weighted by Crippen LogP contribution is 2.28. The summed E-state index contributed by atoms with van der Waals surface area (Å²) >= 11 is 0. The fraction of sp³-hybridized carbons (Fsp3) is 0.929. The second-order valence-electron chi connectivity index (χ2n) is 5.80. The molecule has 0 spiro atoms. The molecule has 0 saturated heterocycles. The van der Waals surface area contributed by atoms with Crippen molar-refractivity contribution in [2.24, 2.45) is 0 Å². The molecule has 0 heterocycles. The van der Waals surface area contributed by atoms with Gasteiger partial charge in [0.1, 0.15) is 0 Å². The van der Waals surface area contributed by atoms with Crippen molar-refractivity contribution in [2.45, 2.75) is 63.5 Å². The number of nitrogens with zero attached hydrogens (tertiary/aromatic N) is 1. The Labute approximate surface area is 110 Å². The lowest BCUT2D eigenvalue weighted by Gasteiger charge is -2.32. The van der Waals surface area contributed by atoms with E-state index < -0.39 is 5.60 Å². The Kier molecular flexibility index (Phi) is 4.62. The number of hydrogen-bond donors (Lipinski definition) is 2. The van der Waals surface area contributed by atoms with Gasteiger partial charge in [0.15, 0.2) is 0 Å². The molecule has 2 fully saturated rings. The van der Waals surface area contributed by atoms with Crippen LogP contribution in [0.25, 0.3) is 0 Å². The van der Waals surface area contributed by atoms with Crippen LogP contribution >= 0.6 is 0 Å². The Morgan fingerprint density at radius 3 is 2.56 bits per heavy atom. The molecule has 2 saturated carbocycles. The number of carbonyl (C=O) groups excluding carboxylic acids is 1. The van der Waals surface area contributed by atoms with Gasteiger partial charge in [-0.05, 0) is 32.6 Å². The van der Waals surface area contributed by atoms with E-state index in [9.17, 15) is 9.90 Å². The molecule has 2 N–H and O–H groups in total. The van der Waals surface area contributed by atoms with Crippen LogP contribution in [-0.4, -0.2) is 47.2 Å². The minimum Gasteiger partial charge on any atom is -0.389 e. The van der Waals surface area contributed by atoms with Gasteiger partial charge in [0.2, 0.25) is 5.91 Å². The molecule has 104 valence electrons. The first kappa shape index (κ1) is 13.8. The molecule has 2 rings (SSSR count). The van der Waals surface area contributed by atoms with E-state index in [0.29, 0.717) is 19.1 Å². The van der Waals surface area contributed by atoms with E-state index in [1.807, 2.05) is 11.8 Å². The Morgan fingerprint density at radius 2 is 2.00 bits per heavy atom. The van der Waals surface area contributed by atoms with Crippen LogP contribution in [-0.2, 0) is 4.79 Å². The first-order valence-electron chi connectivity index (χ1n) is 7.37. The third-order valence-electron chi connectivity index (χ3n) is 4.16.